The minimum atomic E-state index is 0.278. The van der Waals surface area contributed by atoms with E-state index in [0.29, 0.717) is 17.3 Å². The van der Waals surface area contributed by atoms with Gasteiger partial charge in [0.2, 0.25) is 5.88 Å². The van der Waals surface area contributed by atoms with Gasteiger partial charge in [0, 0.05) is 21.7 Å². The van der Waals surface area contributed by atoms with E-state index in [0.717, 1.165) is 27.5 Å². The molecule has 0 saturated heterocycles. The second kappa shape index (κ2) is 7.82. The third kappa shape index (κ3) is 3.48. The molecule has 0 unspecified atom stereocenters. The quantitative estimate of drug-likeness (QED) is 0.432. The summed E-state index contributed by atoms with van der Waals surface area (Å²) in [4.78, 5) is 12.9. The number of nitrogens with one attached hydrogen (secondary N) is 1. The molecule has 6 nitrogen and oxygen atoms in total. The standard InChI is InChI=1S/C21H18BrN5O/c1-2-13-6-3-4-8-16(13)27-20-18(23)21(26-12-25-20)28-17-10-9-15(22)14-7-5-11-24-19(14)17/h3-12H,2,23H2,1H3,(H,25,26,27). The van der Waals surface area contributed by atoms with E-state index in [1.54, 1.807) is 6.20 Å². The summed E-state index contributed by atoms with van der Waals surface area (Å²) in [6.45, 7) is 2.10. The first kappa shape index (κ1) is 18.2. The predicted octanol–water partition coefficient (Wildman–Crippen LogP) is 5.47. The van der Waals surface area contributed by atoms with Crippen LogP contribution in [0.2, 0.25) is 0 Å². The first-order chi connectivity index (χ1) is 13.7. The Labute approximate surface area is 170 Å². The van der Waals surface area contributed by atoms with Crippen LogP contribution in [0, 0.1) is 0 Å². The molecule has 7 heteroatoms. The number of nitrogen functional groups attached to an aromatic ring is 1. The number of anilines is 3. The van der Waals surface area contributed by atoms with Gasteiger partial charge in [0.15, 0.2) is 11.6 Å². The van der Waals surface area contributed by atoms with E-state index >= 15 is 0 Å². The van der Waals surface area contributed by atoms with E-state index < -0.39 is 0 Å². The Balaban J connectivity index is 1.69. The van der Waals surface area contributed by atoms with Crippen LogP contribution in [0.1, 0.15) is 12.5 Å². The fourth-order valence-corrected chi connectivity index (χ4v) is 3.39. The highest BCUT2D eigenvalue weighted by atomic mass is 79.9. The fourth-order valence-electron chi connectivity index (χ4n) is 2.94. The number of hydrogen-bond donors (Lipinski definition) is 2. The number of ether oxygens (including phenoxy) is 1. The first-order valence-corrected chi connectivity index (χ1v) is 9.63. The van der Waals surface area contributed by atoms with Crippen molar-refractivity contribution < 1.29 is 4.74 Å². The van der Waals surface area contributed by atoms with Crippen molar-refractivity contribution in [3.05, 3.63) is 71.1 Å². The maximum atomic E-state index is 6.30. The van der Waals surface area contributed by atoms with Crippen molar-refractivity contribution in [1.82, 2.24) is 15.0 Å². The summed E-state index contributed by atoms with van der Waals surface area (Å²) < 4.78 is 6.95. The molecule has 140 valence electrons. The second-order valence-electron chi connectivity index (χ2n) is 6.12. The zero-order chi connectivity index (χ0) is 19.5. The number of para-hydroxylation sites is 1. The van der Waals surface area contributed by atoms with Crippen molar-refractivity contribution in [1.29, 1.82) is 0 Å². The van der Waals surface area contributed by atoms with Gasteiger partial charge in [0.25, 0.3) is 0 Å². The molecule has 0 aliphatic heterocycles. The van der Waals surface area contributed by atoms with E-state index in [1.165, 1.54) is 11.9 Å². The Morgan fingerprint density at radius 2 is 1.89 bits per heavy atom. The zero-order valence-electron chi connectivity index (χ0n) is 15.2. The fraction of sp³-hybridized carbons (Fsp3) is 0.0952. The van der Waals surface area contributed by atoms with Gasteiger partial charge in [-0.15, -0.1) is 0 Å². The summed E-state index contributed by atoms with van der Waals surface area (Å²) in [5, 5.41) is 4.23. The number of aromatic nitrogens is 3. The Morgan fingerprint density at radius 1 is 1.04 bits per heavy atom. The third-order valence-corrected chi connectivity index (χ3v) is 5.08. The van der Waals surface area contributed by atoms with Gasteiger partial charge in [0.05, 0.1) is 0 Å². The lowest BCUT2D eigenvalue weighted by molar-refractivity contribution is 0.469. The highest BCUT2D eigenvalue weighted by Gasteiger charge is 2.14. The lowest BCUT2D eigenvalue weighted by atomic mass is 10.1. The van der Waals surface area contributed by atoms with Crippen LogP contribution in [0.3, 0.4) is 0 Å². The van der Waals surface area contributed by atoms with Crippen LogP contribution in [0.15, 0.2) is 65.5 Å². The van der Waals surface area contributed by atoms with Gasteiger partial charge in [-0.3, -0.25) is 4.98 Å². The van der Waals surface area contributed by atoms with Crippen molar-refractivity contribution in [2.45, 2.75) is 13.3 Å². The van der Waals surface area contributed by atoms with Crippen molar-refractivity contribution in [2.24, 2.45) is 0 Å². The molecular weight excluding hydrogens is 418 g/mol. The van der Waals surface area contributed by atoms with Crippen LogP contribution in [0.25, 0.3) is 10.9 Å². The molecule has 2 aromatic carbocycles. The molecule has 0 bridgehead atoms. The van der Waals surface area contributed by atoms with Crippen molar-refractivity contribution in [2.75, 3.05) is 11.1 Å². The van der Waals surface area contributed by atoms with Gasteiger partial charge in [-0.2, -0.15) is 4.98 Å². The molecule has 0 aliphatic carbocycles. The minimum absolute atomic E-state index is 0.278. The zero-order valence-corrected chi connectivity index (χ0v) is 16.8. The van der Waals surface area contributed by atoms with Crippen LogP contribution in [0.4, 0.5) is 17.2 Å². The number of aryl methyl sites for hydroxylation is 1. The number of pyridine rings is 1. The number of benzene rings is 2. The molecule has 4 aromatic rings. The van der Waals surface area contributed by atoms with E-state index in [2.05, 4.69) is 49.2 Å². The van der Waals surface area contributed by atoms with Crippen LogP contribution in [0.5, 0.6) is 11.6 Å². The van der Waals surface area contributed by atoms with Crippen molar-refractivity contribution >= 4 is 44.0 Å². The van der Waals surface area contributed by atoms with Gasteiger partial charge < -0.3 is 15.8 Å². The maximum Gasteiger partial charge on any atom is 0.248 e. The van der Waals surface area contributed by atoms with Gasteiger partial charge in [-0.25, -0.2) is 4.98 Å². The molecule has 0 radical (unpaired) electrons. The molecule has 2 aromatic heterocycles. The molecule has 0 amide bonds. The van der Waals surface area contributed by atoms with Gasteiger partial charge in [-0.05, 0) is 36.2 Å². The van der Waals surface area contributed by atoms with Crippen LogP contribution in [-0.2, 0) is 6.42 Å². The third-order valence-electron chi connectivity index (χ3n) is 4.38. The number of nitrogens with zero attached hydrogens (tertiary/aromatic N) is 3. The second-order valence-corrected chi connectivity index (χ2v) is 6.98. The Kier molecular flexibility index (Phi) is 5.08. The monoisotopic (exact) mass is 435 g/mol. The molecule has 0 spiro atoms. The Bertz CT molecular complexity index is 1150. The van der Waals surface area contributed by atoms with Gasteiger partial charge in [-0.1, -0.05) is 47.1 Å². The molecule has 28 heavy (non-hydrogen) atoms. The lowest BCUT2D eigenvalue weighted by Crippen LogP contribution is -2.04. The smallest absolute Gasteiger partial charge is 0.248 e. The molecule has 2 heterocycles. The molecule has 0 atom stereocenters. The highest BCUT2D eigenvalue weighted by Crippen LogP contribution is 2.36. The van der Waals surface area contributed by atoms with Crippen molar-refractivity contribution in [3.63, 3.8) is 0 Å². The number of rotatable bonds is 5. The topological polar surface area (TPSA) is 86.0 Å². The minimum Gasteiger partial charge on any atom is -0.435 e. The summed E-state index contributed by atoms with van der Waals surface area (Å²) in [6, 6.07) is 15.6. The summed E-state index contributed by atoms with van der Waals surface area (Å²) >= 11 is 3.54. The Morgan fingerprint density at radius 3 is 2.75 bits per heavy atom. The lowest BCUT2D eigenvalue weighted by Gasteiger charge is -2.14. The van der Waals surface area contributed by atoms with Gasteiger partial charge in [0.1, 0.15) is 17.5 Å². The van der Waals surface area contributed by atoms with E-state index in [9.17, 15) is 0 Å². The molecule has 4 rings (SSSR count). The molecule has 0 aliphatic rings. The SMILES string of the molecule is CCc1ccccc1Nc1ncnc(Oc2ccc(Br)c3cccnc23)c1N. The molecular formula is C21H18BrN5O. The van der Waals surface area contributed by atoms with Crippen LogP contribution < -0.4 is 15.8 Å². The first-order valence-electron chi connectivity index (χ1n) is 8.84. The summed E-state index contributed by atoms with van der Waals surface area (Å²) in [5.74, 6) is 1.35. The summed E-state index contributed by atoms with van der Waals surface area (Å²) in [5.41, 5.74) is 9.49. The normalized spacial score (nSPS) is 10.8. The van der Waals surface area contributed by atoms with Crippen LogP contribution in [-0.4, -0.2) is 15.0 Å². The number of nitrogens with two attached hydrogens (primary N) is 1. The van der Waals surface area contributed by atoms with E-state index in [4.69, 9.17) is 10.5 Å². The summed E-state index contributed by atoms with van der Waals surface area (Å²) in [6.07, 6.45) is 4.05. The highest BCUT2D eigenvalue weighted by molar-refractivity contribution is 9.10. The Hall–Kier alpha value is -3.19. The average molecular weight is 436 g/mol. The van der Waals surface area contributed by atoms with E-state index in [-0.39, 0.29) is 5.88 Å². The number of halogens is 1. The van der Waals surface area contributed by atoms with E-state index in [1.807, 2.05) is 42.5 Å². The average Bonchev–Trinajstić information content (AvgIpc) is 2.73. The van der Waals surface area contributed by atoms with Crippen molar-refractivity contribution in [3.8, 4) is 11.6 Å². The largest absolute Gasteiger partial charge is 0.435 e. The number of fused-ring (bicyclic) bond motifs is 1. The van der Waals surface area contributed by atoms with Crippen LogP contribution >= 0.6 is 15.9 Å². The predicted molar refractivity (Wildman–Crippen MR) is 115 cm³/mol. The van der Waals surface area contributed by atoms with Gasteiger partial charge >= 0.3 is 0 Å². The molecule has 3 N–H and O–H groups in total. The maximum absolute atomic E-state index is 6.30. The molecule has 0 fully saturated rings. The summed E-state index contributed by atoms with van der Waals surface area (Å²) in [7, 11) is 0. The molecule has 0 saturated carbocycles. The number of hydrogen-bond acceptors (Lipinski definition) is 6.